The highest BCUT2D eigenvalue weighted by Gasteiger charge is 2.18. The zero-order chi connectivity index (χ0) is 20.2. The molecule has 5 heteroatoms. The van der Waals surface area contributed by atoms with Gasteiger partial charge in [0.25, 0.3) is 0 Å². The molecule has 0 spiro atoms. The average molecular weight is 396 g/mol. The van der Waals surface area contributed by atoms with Gasteiger partial charge in [-0.3, -0.25) is 4.90 Å². The van der Waals surface area contributed by atoms with Crippen LogP contribution in [0.1, 0.15) is 5.56 Å². The Balaban J connectivity index is 1.21. The number of hydrogen-bond donors (Lipinski definition) is 1. The highest BCUT2D eigenvalue weighted by molar-refractivity contribution is 5.64. The summed E-state index contributed by atoms with van der Waals surface area (Å²) in [5, 5.41) is 0. The lowest BCUT2D eigenvalue weighted by Gasteiger charge is -2.35. The van der Waals surface area contributed by atoms with Crippen LogP contribution in [0.4, 0.5) is 5.82 Å². The molecular formula is C25H25N5. The number of rotatable bonds is 5. The Morgan fingerprint density at radius 3 is 2.20 bits per heavy atom. The highest BCUT2D eigenvalue weighted by Crippen LogP contribution is 2.23. The number of piperazine rings is 1. The van der Waals surface area contributed by atoms with Crippen molar-refractivity contribution in [1.82, 2.24) is 19.9 Å². The number of anilines is 1. The Hall–Kier alpha value is -3.44. The first-order valence-electron chi connectivity index (χ1n) is 10.4. The second-order valence-electron chi connectivity index (χ2n) is 7.65. The van der Waals surface area contributed by atoms with Crippen molar-refractivity contribution >= 4 is 5.82 Å². The van der Waals surface area contributed by atoms with E-state index in [1.807, 2.05) is 30.6 Å². The van der Waals surface area contributed by atoms with E-state index in [1.54, 1.807) is 0 Å². The lowest BCUT2D eigenvalue weighted by Crippen LogP contribution is -2.46. The minimum atomic E-state index is 0.848. The van der Waals surface area contributed by atoms with E-state index in [9.17, 15) is 0 Å². The van der Waals surface area contributed by atoms with Crippen LogP contribution in [-0.2, 0) is 6.54 Å². The van der Waals surface area contributed by atoms with Gasteiger partial charge in [0, 0.05) is 56.2 Å². The number of pyridine rings is 1. The third kappa shape index (κ3) is 4.11. The molecule has 2 aromatic carbocycles. The molecule has 0 unspecified atom stereocenters. The van der Waals surface area contributed by atoms with Crippen LogP contribution in [0.25, 0.3) is 22.6 Å². The molecule has 5 rings (SSSR count). The molecule has 0 bridgehead atoms. The zero-order valence-electron chi connectivity index (χ0n) is 16.9. The van der Waals surface area contributed by atoms with Gasteiger partial charge in [0.2, 0.25) is 0 Å². The largest absolute Gasteiger partial charge is 0.354 e. The van der Waals surface area contributed by atoms with Crippen molar-refractivity contribution in [2.75, 3.05) is 31.1 Å². The molecule has 0 saturated carbocycles. The third-order valence-electron chi connectivity index (χ3n) is 5.61. The van der Waals surface area contributed by atoms with Gasteiger partial charge >= 0.3 is 0 Å². The highest BCUT2D eigenvalue weighted by atomic mass is 15.3. The molecule has 1 N–H and O–H groups in total. The molecule has 1 aliphatic rings. The van der Waals surface area contributed by atoms with Gasteiger partial charge in [-0.25, -0.2) is 9.97 Å². The Labute approximate surface area is 177 Å². The summed E-state index contributed by atoms with van der Waals surface area (Å²) in [5.41, 5.74) is 4.44. The van der Waals surface area contributed by atoms with Gasteiger partial charge in [-0.2, -0.15) is 0 Å². The van der Waals surface area contributed by atoms with E-state index in [0.717, 1.165) is 61.2 Å². The second-order valence-corrected chi connectivity index (χ2v) is 7.65. The predicted octanol–water partition coefficient (Wildman–Crippen LogP) is 4.46. The molecule has 30 heavy (non-hydrogen) atoms. The molecule has 4 aromatic rings. The van der Waals surface area contributed by atoms with Crippen molar-refractivity contribution in [2.24, 2.45) is 0 Å². The molecule has 1 saturated heterocycles. The molecule has 0 aliphatic carbocycles. The van der Waals surface area contributed by atoms with E-state index in [1.165, 1.54) is 5.56 Å². The van der Waals surface area contributed by atoms with Crippen LogP contribution < -0.4 is 4.90 Å². The van der Waals surface area contributed by atoms with Gasteiger partial charge in [0.05, 0.1) is 5.69 Å². The summed E-state index contributed by atoms with van der Waals surface area (Å²) in [7, 11) is 0. The normalized spacial score (nSPS) is 14.7. The topological polar surface area (TPSA) is 48.0 Å². The third-order valence-corrected chi connectivity index (χ3v) is 5.61. The van der Waals surface area contributed by atoms with E-state index in [0.29, 0.717) is 0 Å². The van der Waals surface area contributed by atoms with Crippen LogP contribution in [0.15, 0.2) is 85.2 Å². The maximum atomic E-state index is 4.73. The van der Waals surface area contributed by atoms with Crippen molar-refractivity contribution in [3.05, 3.63) is 90.8 Å². The smallest absolute Gasteiger partial charge is 0.139 e. The predicted molar refractivity (Wildman–Crippen MR) is 121 cm³/mol. The molecule has 150 valence electrons. The fourth-order valence-electron chi connectivity index (χ4n) is 3.92. The minimum absolute atomic E-state index is 0.848. The molecule has 0 amide bonds. The standard InChI is InChI=1S/C25H25N5/c1-3-7-20(8-4-1)19-29-13-15-30(16-14-29)24-12-11-22(17-26-24)25-27-18-23(28-25)21-9-5-2-6-10-21/h1-12,17-18H,13-16,19H2,(H,27,28). The van der Waals surface area contributed by atoms with Crippen LogP contribution in [0, 0.1) is 0 Å². The van der Waals surface area contributed by atoms with E-state index in [-0.39, 0.29) is 0 Å². The zero-order valence-corrected chi connectivity index (χ0v) is 16.9. The van der Waals surface area contributed by atoms with Gasteiger partial charge in [-0.1, -0.05) is 60.7 Å². The Bertz CT molecular complexity index is 1070. The van der Waals surface area contributed by atoms with E-state index < -0.39 is 0 Å². The number of hydrogen-bond acceptors (Lipinski definition) is 4. The van der Waals surface area contributed by atoms with Crippen LogP contribution in [0.2, 0.25) is 0 Å². The van der Waals surface area contributed by atoms with Crippen LogP contribution in [0.3, 0.4) is 0 Å². The quantitative estimate of drug-likeness (QED) is 0.542. The van der Waals surface area contributed by atoms with Gasteiger partial charge in [-0.15, -0.1) is 0 Å². The van der Waals surface area contributed by atoms with Crippen molar-refractivity contribution in [1.29, 1.82) is 0 Å². The van der Waals surface area contributed by atoms with Crippen LogP contribution in [0.5, 0.6) is 0 Å². The molecule has 5 nitrogen and oxygen atoms in total. The van der Waals surface area contributed by atoms with Gasteiger partial charge in [-0.05, 0) is 17.7 Å². The fourth-order valence-corrected chi connectivity index (χ4v) is 3.92. The number of aromatic amines is 1. The van der Waals surface area contributed by atoms with Crippen molar-refractivity contribution in [3.63, 3.8) is 0 Å². The molecular weight excluding hydrogens is 370 g/mol. The first kappa shape index (κ1) is 18.6. The molecule has 3 heterocycles. The van der Waals surface area contributed by atoms with Crippen LogP contribution >= 0.6 is 0 Å². The summed E-state index contributed by atoms with van der Waals surface area (Å²) in [4.78, 5) is 17.6. The van der Waals surface area contributed by atoms with E-state index in [2.05, 4.69) is 69.4 Å². The summed E-state index contributed by atoms with van der Waals surface area (Å²) in [5.74, 6) is 1.88. The lowest BCUT2D eigenvalue weighted by atomic mass is 10.2. The summed E-state index contributed by atoms with van der Waals surface area (Å²) in [6.45, 7) is 5.12. The monoisotopic (exact) mass is 395 g/mol. The van der Waals surface area contributed by atoms with Crippen molar-refractivity contribution in [3.8, 4) is 22.6 Å². The molecule has 2 aromatic heterocycles. The number of H-pyrrole nitrogens is 1. The van der Waals surface area contributed by atoms with E-state index >= 15 is 0 Å². The van der Waals surface area contributed by atoms with Crippen LogP contribution in [-0.4, -0.2) is 46.0 Å². The number of aromatic nitrogens is 3. The summed E-state index contributed by atoms with van der Waals surface area (Å²) < 4.78 is 0. The summed E-state index contributed by atoms with van der Waals surface area (Å²) >= 11 is 0. The fraction of sp³-hybridized carbons (Fsp3) is 0.200. The first-order chi connectivity index (χ1) is 14.8. The first-order valence-corrected chi connectivity index (χ1v) is 10.4. The van der Waals surface area contributed by atoms with Crippen molar-refractivity contribution in [2.45, 2.75) is 6.54 Å². The van der Waals surface area contributed by atoms with Crippen molar-refractivity contribution < 1.29 is 0 Å². The summed E-state index contributed by atoms with van der Waals surface area (Å²) in [6.07, 6.45) is 3.86. The Kier molecular flexibility index (Phi) is 5.27. The Morgan fingerprint density at radius 1 is 0.767 bits per heavy atom. The molecule has 1 fully saturated rings. The lowest BCUT2D eigenvalue weighted by molar-refractivity contribution is 0.249. The number of benzene rings is 2. The summed E-state index contributed by atoms with van der Waals surface area (Å²) in [6, 6.07) is 25.1. The van der Waals surface area contributed by atoms with Gasteiger partial charge in [0.1, 0.15) is 11.6 Å². The van der Waals surface area contributed by atoms with E-state index in [4.69, 9.17) is 9.97 Å². The van der Waals surface area contributed by atoms with Gasteiger partial charge in [0.15, 0.2) is 0 Å². The number of nitrogens with one attached hydrogen (secondary N) is 1. The molecule has 1 aliphatic heterocycles. The SMILES string of the molecule is c1ccc(CN2CCN(c3ccc(-c4nc(-c5ccccc5)c[nH]4)cn3)CC2)cc1. The maximum absolute atomic E-state index is 4.73. The maximum Gasteiger partial charge on any atom is 0.139 e. The molecule has 0 atom stereocenters. The van der Waals surface area contributed by atoms with Gasteiger partial charge < -0.3 is 9.88 Å². The minimum Gasteiger partial charge on any atom is -0.354 e. The Morgan fingerprint density at radius 2 is 1.50 bits per heavy atom. The second kappa shape index (κ2) is 8.51. The number of nitrogens with zero attached hydrogens (tertiary/aromatic N) is 4. The average Bonchev–Trinajstić information content (AvgIpc) is 3.32. The molecule has 0 radical (unpaired) electrons. The number of imidazole rings is 1.